The van der Waals surface area contributed by atoms with Gasteiger partial charge in [-0.05, 0) is 42.4 Å². The highest BCUT2D eigenvalue weighted by Gasteiger charge is 2.06. The van der Waals surface area contributed by atoms with Crippen molar-refractivity contribution in [1.82, 2.24) is 4.90 Å². The average Bonchev–Trinajstić information content (AvgIpc) is 2.73. The molecule has 0 spiro atoms. The maximum Gasteiger partial charge on any atom is 0.225 e. The van der Waals surface area contributed by atoms with Gasteiger partial charge >= 0.3 is 0 Å². The Balaban J connectivity index is 1.40. The van der Waals surface area contributed by atoms with Crippen LogP contribution in [0.3, 0.4) is 0 Å². The molecule has 1 N–H and O–H groups in total. The molecule has 0 aliphatic heterocycles. The fraction of sp³-hybridized carbons (Fsp3) is 0.208. The smallest absolute Gasteiger partial charge is 0.225 e. The summed E-state index contributed by atoms with van der Waals surface area (Å²) >= 11 is 0. The van der Waals surface area contributed by atoms with Gasteiger partial charge in [0.2, 0.25) is 5.91 Å². The topological polar surface area (TPSA) is 41.6 Å². The molecule has 3 aromatic carbocycles. The zero-order valence-corrected chi connectivity index (χ0v) is 16.2. The number of nitrogens with one attached hydrogen (secondary N) is 1. The first-order chi connectivity index (χ1) is 13.7. The molecule has 0 saturated heterocycles. The summed E-state index contributed by atoms with van der Waals surface area (Å²) in [5, 5.41) is 2.94. The number of nitrogens with zero attached hydrogens (tertiary/aromatic N) is 1. The predicted octanol–water partition coefficient (Wildman–Crippen LogP) is 4.73. The highest BCUT2D eigenvalue weighted by molar-refractivity contribution is 5.90. The second-order valence-electron chi connectivity index (χ2n) is 6.82. The average molecular weight is 374 g/mol. The van der Waals surface area contributed by atoms with Gasteiger partial charge in [0.05, 0.1) is 0 Å². The summed E-state index contributed by atoms with van der Waals surface area (Å²) in [5.74, 6) is 0.794. The van der Waals surface area contributed by atoms with Crippen molar-refractivity contribution in [2.24, 2.45) is 0 Å². The molecule has 3 rings (SSSR count). The van der Waals surface area contributed by atoms with E-state index in [0.29, 0.717) is 19.6 Å². The second-order valence-corrected chi connectivity index (χ2v) is 6.82. The number of anilines is 1. The molecular formula is C24H26N2O2. The number of hydrogen-bond donors (Lipinski definition) is 1. The van der Waals surface area contributed by atoms with Crippen LogP contribution in [0.4, 0.5) is 5.69 Å². The second kappa shape index (κ2) is 10.3. The van der Waals surface area contributed by atoms with Gasteiger partial charge < -0.3 is 15.0 Å². The van der Waals surface area contributed by atoms with Gasteiger partial charge in [0.15, 0.2) is 0 Å². The molecule has 0 unspecified atom stereocenters. The number of benzene rings is 3. The highest BCUT2D eigenvalue weighted by Crippen LogP contribution is 2.17. The maximum atomic E-state index is 12.2. The van der Waals surface area contributed by atoms with Gasteiger partial charge in [0.1, 0.15) is 12.4 Å². The Hall–Kier alpha value is -3.11. The minimum Gasteiger partial charge on any atom is -0.489 e. The lowest BCUT2D eigenvalue weighted by atomic mass is 10.2. The summed E-state index contributed by atoms with van der Waals surface area (Å²) in [5.41, 5.74) is 3.15. The van der Waals surface area contributed by atoms with Gasteiger partial charge in [-0.3, -0.25) is 4.79 Å². The van der Waals surface area contributed by atoms with E-state index in [1.54, 1.807) is 0 Å². The molecule has 0 heterocycles. The lowest BCUT2D eigenvalue weighted by Crippen LogP contribution is -2.24. The monoisotopic (exact) mass is 374 g/mol. The molecule has 3 aromatic rings. The van der Waals surface area contributed by atoms with E-state index >= 15 is 0 Å². The molecule has 0 radical (unpaired) electrons. The summed E-state index contributed by atoms with van der Waals surface area (Å²) < 4.78 is 5.77. The fourth-order valence-corrected chi connectivity index (χ4v) is 2.87. The van der Waals surface area contributed by atoms with Gasteiger partial charge in [-0.15, -0.1) is 0 Å². The fourth-order valence-electron chi connectivity index (χ4n) is 2.87. The molecular weight excluding hydrogens is 348 g/mol. The Morgan fingerprint density at radius 2 is 1.46 bits per heavy atom. The highest BCUT2D eigenvalue weighted by atomic mass is 16.5. The van der Waals surface area contributed by atoms with Crippen LogP contribution in [0.5, 0.6) is 5.75 Å². The van der Waals surface area contributed by atoms with Gasteiger partial charge in [-0.1, -0.05) is 60.7 Å². The molecule has 0 bridgehead atoms. The molecule has 0 aromatic heterocycles. The number of carbonyl (C=O) groups is 1. The molecule has 28 heavy (non-hydrogen) atoms. The van der Waals surface area contributed by atoms with Crippen molar-refractivity contribution in [3.63, 3.8) is 0 Å². The van der Waals surface area contributed by atoms with Crippen molar-refractivity contribution in [2.75, 3.05) is 18.9 Å². The molecule has 0 fully saturated rings. The minimum absolute atomic E-state index is 0.0119. The zero-order valence-electron chi connectivity index (χ0n) is 16.2. The molecule has 0 atom stereocenters. The Labute approximate surface area is 166 Å². The largest absolute Gasteiger partial charge is 0.489 e. The van der Waals surface area contributed by atoms with E-state index in [1.165, 1.54) is 5.56 Å². The van der Waals surface area contributed by atoms with Crippen LogP contribution in [0.2, 0.25) is 0 Å². The Kier molecular flexibility index (Phi) is 7.21. The van der Waals surface area contributed by atoms with Crippen LogP contribution < -0.4 is 10.1 Å². The van der Waals surface area contributed by atoms with Gasteiger partial charge in [0.25, 0.3) is 0 Å². The van der Waals surface area contributed by atoms with E-state index in [-0.39, 0.29) is 5.91 Å². The lowest BCUT2D eigenvalue weighted by Gasteiger charge is -2.16. The van der Waals surface area contributed by atoms with Crippen molar-refractivity contribution < 1.29 is 9.53 Å². The quantitative estimate of drug-likeness (QED) is 0.589. The summed E-state index contributed by atoms with van der Waals surface area (Å²) in [6, 6.07) is 27.8. The van der Waals surface area contributed by atoms with Gasteiger partial charge in [0, 0.05) is 25.2 Å². The van der Waals surface area contributed by atoms with E-state index < -0.39 is 0 Å². The Morgan fingerprint density at radius 1 is 0.857 bits per heavy atom. The van der Waals surface area contributed by atoms with Crippen LogP contribution in [0.1, 0.15) is 17.5 Å². The van der Waals surface area contributed by atoms with Crippen molar-refractivity contribution >= 4 is 11.6 Å². The van der Waals surface area contributed by atoms with Crippen molar-refractivity contribution in [1.29, 1.82) is 0 Å². The zero-order chi connectivity index (χ0) is 19.6. The molecule has 144 valence electrons. The first-order valence-electron chi connectivity index (χ1n) is 9.48. The number of rotatable bonds is 9. The first kappa shape index (κ1) is 19.6. The van der Waals surface area contributed by atoms with Crippen LogP contribution in [0.15, 0.2) is 84.9 Å². The maximum absolute atomic E-state index is 12.2. The van der Waals surface area contributed by atoms with Gasteiger partial charge in [-0.25, -0.2) is 0 Å². The molecule has 0 aliphatic carbocycles. The van der Waals surface area contributed by atoms with Crippen molar-refractivity contribution in [3.8, 4) is 5.75 Å². The third kappa shape index (κ3) is 6.56. The number of hydrogen-bond acceptors (Lipinski definition) is 3. The Morgan fingerprint density at radius 3 is 2.11 bits per heavy atom. The lowest BCUT2D eigenvalue weighted by molar-refractivity contribution is -0.116. The van der Waals surface area contributed by atoms with E-state index in [1.807, 2.05) is 79.8 Å². The van der Waals surface area contributed by atoms with Crippen LogP contribution >= 0.6 is 0 Å². The normalized spacial score (nSPS) is 10.6. The summed E-state index contributed by atoms with van der Waals surface area (Å²) in [6.07, 6.45) is 0.454. The van der Waals surface area contributed by atoms with Crippen molar-refractivity contribution in [2.45, 2.75) is 19.6 Å². The predicted molar refractivity (Wildman–Crippen MR) is 113 cm³/mol. The van der Waals surface area contributed by atoms with Crippen LogP contribution in [0.25, 0.3) is 0 Å². The van der Waals surface area contributed by atoms with Crippen LogP contribution in [0, 0.1) is 0 Å². The number of amides is 1. The molecule has 0 saturated carbocycles. The third-order valence-corrected chi connectivity index (χ3v) is 4.40. The number of carbonyl (C=O) groups excluding carboxylic acids is 1. The van der Waals surface area contributed by atoms with Crippen LogP contribution in [-0.4, -0.2) is 24.4 Å². The first-order valence-corrected chi connectivity index (χ1v) is 9.48. The van der Waals surface area contributed by atoms with E-state index in [0.717, 1.165) is 23.5 Å². The molecule has 0 aliphatic rings. The van der Waals surface area contributed by atoms with Crippen LogP contribution in [-0.2, 0) is 17.9 Å². The summed E-state index contributed by atoms with van der Waals surface area (Å²) in [4.78, 5) is 14.3. The molecule has 4 nitrogen and oxygen atoms in total. The summed E-state index contributed by atoms with van der Waals surface area (Å²) in [6.45, 7) is 2.07. The number of ether oxygens (including phenoxy) is 1. The molecule has 1 amide bonds. The third-order valence-electron chi connectivity index (χ3n) is 4.40. The summed E-state index contributed by atoms with van der Waals surface area (Å²) in [7, 11) is 2.03. The standard InChI is InChI=1S/C24H26N2O2/c1-26(18-20-8-4-2-5-9-20)17-16-24(27)25-22-12-14-23(15-13-22)28-19-21-10-6-3-7-11-21/h2-15H,16-19H2,1H3,(H,25,27). The van der Waals surface area contributed by atoms with E-state index in [2.05, 4.69) is 22.3 Å². The Bertz CT molecular complexity index is 849. The van der Waals surface area contributed by atoms with Gasteiger partial charge in [-0.2, -0.15) is 0 Å². The van der Waals surface area contributed by atoms with Crippen molar-refractivity contribution in [3.05, 3.63) is 96.1 Å². The minimum atomic E-state index is 0.0119. The van der Waals surface area contributed by atoms with E-state index in [9.17, 15) is 4.79 Å². The van der Waals surface area contributed by atoms with E-state index in [4.69, 9.17) is 4.74 Å². The molecule has 4 heteroatoms. The SMILES string of the molecule is CN(CCC(=O)Nc1ccc(OCc2ccccc2)cc1)Cc1ccccc1.